The first-order valence-electron chi connectivity index (χ1n) is 7.00. The molecule has 0 aliphatic rings. The number of ether oxygens (including phenoxy) is 1. The van der Waals surface area contributed by atoms with Crippen molar-refractivity contribution >= 4 is 10.1 Å². The molecule has 2 rings (SSSR count). The third-order valence-corrected chi connectivity index (χ3v) is 4.88. The van der Waals surface area contributed by atoms with Crippen LogP contribution >= 0.6 is 0 Å². The number of aromatic nitrogens is 2. The highest BCUT2D eigenvalue weighted by atomic mass is 32.2. The molecule has 2 heterocycles. The summed E-state index contributed by atoms with van der Waals surface area (Å²) in [7, 11) is -4.47. The number of hydrogen-bond donors (Lipinski definition) is 1. The maximum absolute atomic E-state index is 12.3. The van der Waals surface area contributed by atoms with Crippen LogP contribution in [-0.4, -0.2) is 26.2 Å². The summed E-state index contributed by atoms with van der Waals surface area (Å²) in [4.78, 5) is -1.69. The Morgan fingerprint density at radius 3 is 1.77 bits per heavy atom. The third kappa shape index (κ3) is 3.16. The molecule has 1 N–H and O–H groups in total. The highest BCUT2D eigenvalue weighted by molar-refractivity contribution is 7.86. The van der Waals surface area contributed by atoms with Crippen LogP contribution in [0.2, 0.25) is 0 Å². The zero-order chi connectivity index (χ0) is 16.1. The predicted molar refractivity (Wildman–Crippen MR) is 79.3 cm³/mol. The quantitative estimate of drug-likeness (QED) is 0.463. The second kappa shape index (κ2) is 6.95. The van der Waals surface area contributed by atoms with Crippen molar-refractivity contribution in [2.24, 2.45) is 0 Å². The molecule has 7 heteroatoms. The second-order valence-electron chi connectivity index (χ2n) is 4.73. The normalized spacial score (nSPS) is 12.3. The lowest BCUT2D eigenvalue weighted by Crippen LogP contribution is -2.77. The number of nitrogens with zero attached hydrogens (tertiary/aromatic N) is 2. The van der Waals surface area contributed by atoms with Gasteiger partial charge in [0.25, 0.3) is 0 Å². The lowest BCUT2D eigenvalue weighted by atomic mass is 10.3. The van der Waals surface area contributed by atoms with Crippen LogP contribution in [0.3, 0.4) is 0 Å². The van der Waals surface area contributed by atoms with E-state index in [1.165, 1.54) is 9.13 Å². The second-order valence-corrected chi connectivity index (χ2v) is 6.33. The Hall–Kier alpha value is -1.83. The van der Waals surface area contributed by atoms with Gasteiger partial charge < -0.3 is 4.74 Å². The maximum atomic E-state index is 12.3. The topological polar surface area (TPSA) is 71.4 Å². The van der Waals surface area contributed by atoms with Crippen LogP contribution < -0.4 is 9.13 Å². The first-order chi connectivity index (χ1) is 10.5. The number of pyridine rings is 2. The Labute approximate surface area is 130 Å². The van der Waals surface area contributed by atoms with Gasteiger partial charge in [0.05, 0.1) is 6.61 Å². The average molecular weight is 324 g/mol. The van der Waals surface area contributed by atoms with Gasteiger partial charge in [-0.2, -0.15) is 8.42 Å². The monoisotopic (exact) mass is 324 g/mol. The van der Waals surface area contributed by atoms with Gasteiger partial charge in [-0.1, -0.05) is 12.1 Å². The van der Waals surface area contributed by atoms with Gasteiger partial charge in [0.2, 0.25) is 0 Å². The predicted octanol–water partition coefficient (Wildman–Crippen LogP) is 0.735. The minimum Gasteiger partial charge on any atom is -0.381 e. The molecule has 0 fully saturated rings. The minimum atomic E-state index is -4.47. The Morgan fingerprint density at radius 1 is 0.955 bits per heavy atom. The zero-order valence-electron chi connectivity index (χ0n) is 12.4. The van der Waals surface area contributed by atoms with Crippen LogP contribution in [0.1, 0.15) is 13.3 Å². The summed E-state index contributed by atoms with van der Waals surface area (Å²) in [6.45, 7) is 2.50. The van der Waals surface area contributed by atoms with Crippen LogP contribution in [0.4, 0.5) is 0 Å². The molecule has 2 aromatic rings. The summed E-state index contributed by atoms with van der Waals surface area (Å²) >= 11 is 0. The molecule has 2 aromatic heterocycles. The van der Waals surface area contributed by atoms with Gasteiger partial charge in [-0.15, -0.1) is 9.13 Å². The van der Waals surface area contributed by atoms with E-state index in [4.69, 9.17) is 4.74 Å². The first-order valence-corrected chi connectivity index (χ1v) is 8.44. The summed E-state index contributed by atoms with van der Waals surface area (Å²) < 4.78 is 42.9. The van der Waals surface area contributed by atoms with Gasteiger partial charge in [-0.05, 0) is 6.92 Å². The molecular formula is C15H20N2O4S+2. The van der Waals surface area contributed by atoms with Crippen molar-refractivity contribution in [1.82, 2.24) is 0 Å². The first kappa shape index (κ1) is 16.5. The Bertz CT molecular complexity index is 650. The Kier molecular flexibility index (Phi) is 5.23. The van der Waals surface area contributed by atoms with Crippen LogP contribution in [-0.2, 0) is 19.8 Å². The summed E-state index contributed by atoms with van der Waals surface area (Å²) in [5.41, 5.74) is 0. The zero-order valence-corrected chi connectivity index (χ0v) is 13.2. The van der Waals surface area contributed by atoms with E-state index in [-0.39, 0.29) is 13.0 Å². The van der Waals surface area contributed by atoms with E-state index in [0.717, 1.165) is 0 Å². The molecule has 0 saturated carbocycles. The van der Waals surface area contributed by atoms with Gasteiger partial charge in [0.1, 0.15) is 6.42 Å². The summed E-state index contributed by atoms with van der Waals surface area (Å²) in [6.07, 6.45) is 6.52. The van der Waals surface area contributed by atoms with Gasteiger partial charge in [-0.25, -0.2) is 0 Å². The van der Waals surface area contributed by atoms with Crippen molar-refractivity contribution in [3.05, 3.63) is 61.2 Å². The van der Waals surface area contributed by atoms with Crippen LogP contribution in [0.15, 0.2) is 61.2 Å². The van der Waals surface area contributed by atoms with Crippen molar-refractivity contribution < 1.29 is 26.8 Å². The molecule has 0 radical (unpaired) electrons. The molecule has 0 aliphatic carbocycles. The van der Waals surface area contributed by atoms with Crippen LogP contribution in [0.5, 0.6) is 0 Å². The summed E-state index contributed by atoms with van der Waals surface area (Å²) in [6, 6.07) is 10.4. The fourth-order valence-corrected chi connectivity index (χ4v) is 3.52. The summed E-state index contributed by atoms with van der Waals surface area (Å²) in [5, 5.41) is 0. The van der Waals surface area contributed by atoms with E-state index in [2.05, 4.69) is 0 Å². The molecule has 118 valence electrons. The van der Waals surface area contributed by atoms with E-state index in [1.54, 1.807) is 61.2 Å². The molecule has 0 saturated heterocycles. The van der Waals surface area contributed by atoms with Crippen LogP contribution in [0, 0.1) is 0 Å². The summed E-state index contributed by atoms with van der Waals surface area (Å²) in [5.74, 6) is 0. The molecule has 0 aliphatic heterocycles. The van der Waals surface area contributed by atoms with Gasteiger partial charge in [0, 0.05) is 30.9 Å². The molecule has 22 heavy (non-hydrogen) atoms. The van der Waals surface area contributed by atoms with Crippen molar-refractivity contribution in [1.29, 1.82) is 0 Å². The van der Waals surface area contributed by atoms with Gasteiger partial charge in [0.15, 0.2) is 24.8 Å². The molecule has 0 spiro atoms. The van der Waals surface area contributed by atoms with E-state index >= 15 is 0 Å². The van der Waals surface area contributed by atoms with E-state index < -0.39 is 15.1 Å². The Morgan fingerprint density at radius 2 is 1.41 bits per heavy atom. The van der Waals surface area contributed by atoms with Gasteiger partial charge >= 0.3 is 15.1 Å². The maximum Gasteiger partial charge on any atom is 0.488 e. The van der Waals surface area contributed by atoms with Crippen molar-refractivity contribution in [3.63, 3.8) is 0 Å². The Balaban J connectivity index is 2.65. The van der Waals surface area contributed by atoms with Crippen LogP contribution in [0.25, 0.3) is 0 Å². The molecule has 0 bridgehead atoms. The van der Waals surface area contributed by atoms with Crippen molar-refractivity contribution in [2.75, 3.05) is 13.2 Å². The standard InChI is InChI=1S/C15H19N2O4S/c1-2-21-14-9-15(22(18,19)20,16-10-5-3-6-11-16)17-12-7-4-8-13-17/h3-8,10-13H,2,9,14H2,1H3/q+1/p+1. The third-order valence-electron chi connectivity index (χ3n) is 3.43. The lowest BCUT2D eigenvalue weighted by molar-refractivity contribution is -0.968. The molecule has 0 unspecified atom stereocenters. The SMILES string of the molecule is CCOCCC([n+]1ccccc1)([n+]1ccccc1)S(=O)(=O)O. The average Bonchev–Trinajstić information content (AvgIpc) is 2.52. The van der Waals surface area contributed by atoms with E-state index in [0.29, 0.717) is 6.61 Å². The smallest absolute Gasteiger partial charge is 0.381 e. The fraction of sp³-hybridized carbons (Fsp3) is 0.333. The van der Waals surface area contributed by atoms with E-state index in [9.17, 15) is 13.0 Å². The molecular weight excluding hydrogens is 304 g/mol. The molecule has 0 amide bonds. The van der Waals surface area contributed by atoms with Crippen molar-refractivity contribution in [2.45, 2.75) is 18.3 Å². The van der Waals surface area contributed by atoms with Crippen molar-refractivity contribution in [3.8, 4) is 0 Å². The number of hydrogen-bond acceptors (Lipinski definition) is 3. The molecule has 0 atom stereocenters. The molecule has 6 nitrogen and oxygen atoms in total. The number of rotatable bonds is 7. The lowest BCUT2D eigenvalue weighted by Gasteiger charge is -2.20. The van der Waals surface area contributed by atoms with Gasteiger partial charge in [-0.3, -0.25) is 4.55 Å². The van der Waals surface area contributed by atoms with E-state index in [1.807, 2.05) is 6.92 Å². The minimum absolute atomic E-state index is 0.0725. The fourth-order valence-electron chi connectivity index (χ4n) is 2.40. The highest BCUT2D eigenvalue weighted by Gasteiger charge is 2.61. The largest absolute Gasteiger partial charge is 0.488 e. The highest BCUT2D eigenvalue weighted by Crippen LogP contribution is 2.17. The molecule has 0 aromatic carbocycles.